The maximum Gasteiger partial charge on any atom is 0.219 e. The molecule has 2 aliphatic rings. The van der Waals surface area contributed by atoms with Crippen molar-refractivity contribution in [1.29, 1.82) is 0 Å². The van der Waals surface area contributed by atoms with Gasteiger partial charge in [-0.05, 0) is 44.2 Å². The van der Waals surface area contributed by atoms with Crippen LogP contribution in [0.1, 0.15) is 32.6 Å². The number of amides is 1. The van der Waals surface area contributed by atoms with Crippen LogP contribution in [-0.2, 0) is 4.79 Å². The Balaban J connectivity index is 1.82. The monoisotopic (exact) mass is 196 g/mol. The van der Waals surface area contributed by atoms with E-state index < -0.39 is 0 Å². The lowest BCUT2D eigenvalue weighted by molar-refractivity contribution is -0.121. The quantitative estimate of drug-likeness (QED) is 0.689. The molecule has 1 unspecified atom stereocenters. The lowest BCUT2D eigenvalue weighted by Crippen LogP contribution is -2.40. The van der Waals surface area contributed by atoms with Crippen LogP contribution in [0.15, 0.2) is 0 Å². The molecule has 1 saturated carbocycles. The second kappa shape index (κ2) is 4.30. The predicted octanol–water partition coefficient (Wildman–Crippen LogP) is 0.901. The summed E-state index contributed by atoms with van der Waals surface area (Å²) in [5, 5.41) is 6.55. The van der Waals surface area contributed by atoms with E-state index >= 15 is 0 Å². The van der Waals surface area contributed by atoms with Gasteiger partial charge >= 0.3 is 0 Å². The van der Waals surface area contributed by atoms with Crippen LogP contribution < -0.4 is 10.6 Å². The first kappa shape index (κ1) is 9.97. The van der Waals surface area contributed by atoms with Crippen LogP contribution in [0.2, 0.25) is 0 Å². The maximum absolute atomic E-state index is 11.2. The van der Waals surface area contributed by atoms with Gasteiger partial charge in [0.05, 0.1) is 0 Å². The Morgan fingerprint density at radius 1 is 1.36 bits per heavy atom. The number of carbonyl (C=O) groups excluding carboxylic acids is 1. The molecule has 1 saturated heterocycles. The number of hydrogen-bond acceptors (Lipinski definition) is 2. The average molecular weight is 196 g/mol. The third kappa shape index (κ3) is 2.08. The van der Waals surface area contributed by atoms with Crippen LogP contribution in [0.4, 0.5) is 0 Å². The number of nitrogens with one attached hydrogen (secondary N) is 2. The zero-order valence-corrected chi connectivity index (χ0v) is 8.88. The van der Waals surface area contributed by atoms with Crippen molar-refractivity contribution in [1.82, 2.24) is 10.6 Å². The molecule has 1 amide bonds. The Bertz CT molecular complexity index is 217. The molecule has 0 spiro atoms. The smallest absolute Gasteiger partial charge is 0.219 e. The van der Waals surface area contributed by atoms with E-state index in [-0.39, 0.29) is 5.91 Å². The van der Waals surface area contributed by atoms with Gasteiger partial charge in [-0.2, -0.15) is 0 Å². The van der Waals surface area contributed by atoms with Gasteiger partial charge in [0.2, 0.25) is 5.91 Å². The summed E-state index contributed by atoms with van der Waals surface area (Å²) in [6, 6.07) is 0.448. The fourth-order valence-electron chi connectivity index (χ4n) is 2.76. The second-order valence-electron chi connectivity index (χ2n) is 4.61. The minimum absolute atomic E-state index is 0.208. The fourth-order valence-corrected chi connectivity index (χ4v) is 2.76. The molecule has 2 fully saturated rings. The topological polar surface area (TPSA) is 41.1 Å². The molecule has 0 bridgehead atoms. The van der Waals surface area contributed by atoms with Crippen LogP contribution in [0.5, 0.6) is 0 Å². The lowest BCUT2D eigenvalue weighted by atomic mass is 9.79. The molecule has 1 heterocycles. The van der Waals surface area contributed by atoms with E-state index in [0.717, 1.165) is 18.4 Å². The van der Waals surface area contributed by atoms with Gasteiger partial charge in [0.1, 0.15) is 0 Å². The van der Waals surface area contributed by atoms with Crippen LogP contribution in [0, 0.1) is 11.8 Å². The molecule has 80 valence electrons. The minimum Gasteiger partial charge on any atom is -0.353 e. The van der Waals surface area contributed by atoms with E-state index in [0.29, 0.717) is 12.5 Å². The molecule has 3 heteroatoms. The van der Waals surface area contributed by atoms with Crippen LogP contribution >= 0.6 is 0 Å². The molecular weight excluding hydrogens is 176 g/mol. The Morgan fingerprint density at radius 3 is 2.93 bits per heavy atom. The van der Waals surface area contributed by atoms with Crippen molar-refractivity contribution in [2.75, 3.05) is 13.1 Å². The molecule has 3 atom stereocenters. The van der Waals surface area contributed by atoms with Crippen molar-refractivity contribution in [3.63, 3.8) is 0 Å². The standard InChI is InChI=1S/C11H20N2O/c1-2-11(14)13-10-4-3-8-6-12-7-9(8)5-10/h8-10,12H,2-7H2,1H3,(H,13,14)/t8-,9+,10?/m0/s1. The normalized spacial score (nSPS) is 36.5. The van der Waals surface area contributed by atoms with Gasteiger partial charge < -0.3 is 10.6 Å². The Kier molecular flexibility index (Phi) is 3.06. The van der Waals surface area contributed by atoms with Crippen molar-refractivity contribution in [2.45, 2.75) is 38.6 Å². The second-order valence-corrected chi connectivity index (χ2v) is 4.61. The molecule has 0 aromatic heterocycles. The summed E-state index contributed by atoms with van der Waals surface area (Å²) in [7, 11) is 0. The zero-order valence-electron chi connectivity index (χ0n) is 8.88. The summed E-state index contributed by atoms with van der Waals surface area (Å²) in [6.07, 6.45) is 4.26. The molecule has 0 radical (unpaired) electrons. The molecule has 0 aromatic carbocycles. The van der Waals surface area contributed by atoms with Crippen molar-refractivity contribution in [3.05, 3.63) is 0 Å². The van der Waals surface area contributed by atoms with Crippen LogP contribution in [-0.4, -0.2) is 25.0 Å². The van der Waals surface area contributed by atoms with Crippen LogP contribution in [0.25, 0.3) is 0 Å². The number of carbonyl (C=O) groups is 1. The van der Waals surface area contributed by atoms with Crippen molar-refractivity contribution in [3.8, 4) is 0 Å². The summed E-state index contributed by atoms with van der Waals surface area (Å²) >= 11 is 0. The summed E-state index contributed by atoms with van der Waals surface area (Å²) in [5.74, 6) is 1.90. The highest BCUT2D eigenvalue weighted by atomic mass is 16.1. The highest BCUT2D eigenvalue weighted by Gasteiger charge is 2.33. The average Bonchev–Trinajstić information content (AvgIpc) is 2.64. The third-order valence-electron chi connectivity index (χ3n) is 3.64. The Hall–Kier alpha value is -0.570. The molecule has 1 aliphatic heterocycles. The maximum atomic E-state index is 11.2. The first-order valence-electron chi connectivity index (χ1n) is 5.79. The lowest BCUT2D eigenvalue weighted by Gasteiger charge is -2.31. The highest BCUT2D eigenvalue weighted by Crippen LogP contribution is 2.32. The molecule has 2 N–H and O–H groups in total. The number of rotatable bonds is 2. The molecule has 3 nitrogen and oxygen atoms in total. The van der Waals surface area contributed by atoms with E-state index in [9.17, 15) is 4.79 Å². The largest absolute Gasteiger partial charge is 0.353 e. The Labute approximate surface area is 85.6 Å². The van der Waals surface area contributed by atoms with Gasteiger partial charge in [-0.25, -0.2) is 0 Å². The van der Waals surface area contributed by atoms with Gasteiger partial charge in [0, 0.05) is 12.5 Å². The van der Waals surface area contributed by atoms with Crippen LogP contribution in [0.3, 0.4) is 0 Å². The van der Waals surface area contributed by atoms with Gasteiger partial charge in [-0.1, -0.05) is 6.92 Å². The molecule has 1 aliphatic carbocycles. The van der Waals surface area contributed by atoms with Crippen molar-refractivity contribution >= 4 is 5.91 Å². The SMILES string of the molecule is CCC(=O)NC1CC[C@H]2CNC[C@H]2C1. The molecule has 0 aromatic rings. The summed E-state index contributed by atoms with van der Waals surface area (Å²) in [6.45, 7) is 4.26. The van der Waals surface area contributed by atoms with Gasteiger partial charge in [0.15, 0.2) is 0 Å². The summed E-state index contributed by atoms with van der Waals surface area (Å²) in [4.78, 5) is 11.2. The highest BCUT2D eigenvalue weighted by molar-refractivity contribution is 5.75. The van der Waals surface area contributed by atoms with Crippen molar-refractivity contribution in [2.24, 2.45) is 11.8 Å². The third-order valence-corrected chi connectivity index (χ3v) is 3.64. The first-order valence-corrected chi connectivity index (χ1v) is 5.79. The van der Waals surface area contributed by atoms with Gasteiger partial charge in [-0.3, -0.25) is 4.79 Å². The number of hydrogen-bond donors (Lipinski definition) is 2. The van der Waals surface area contributed by atoms with Crippen molar-refractivity contribution < 1.29 is 4.79 Å². The molecular formula is C11H20N2O. The van der Waals surface area contributed by atoms with E-state index in [2.05, 4.69) is 10.6 Å². The minimum atomic E-state index is 0.208. The predicted molar refractivity (Wildman–Crippen MR) is 55.9 cm³/mol. The molecule has 14 heavy (non-hydrogen) atoms. The summed E-state index contributed by atoms with van der Waals surface area (Å²) in [5.41, 5.74) is 0. The zero-order chi connectivity index (χ0) is 9.97. The number of fused-ring (bicyclic) bond motifs is 1. The van der Waals surface area contributed by atoms with E-state index in [1.165, 1.54) is 25.8 Å². The molecule has 2 rings (SSSR count). The van der Waals surface area contributed by atoms with E-state index in [1.807, 2.05) is 6.92 Å². The Morgan fingerprint density at radius 2 is 2.14 bits per heavy atom. The summed E-state index contributed by atoms with van der Waals surface area (Å²) < 4.78 is 0. The fraction of sp³-hybridized carbons (Fsp3) is 0.909. The van der Waals surface area contributed by atoms with Gasteiger partial charge in [-0.15, -0.1) is 0 Å². The van der Waals surface area contributed by atoms with E-state index in [1.54, 1.807) is 0 Å². The first-order chi connectivity index (χ1) is 6.79. The van der Waals surface area contributed by atoms with Gasteiger partial charge in [0.25, 0.3) is 0 Å². The van der Waals surface area contributed by atoms with E-state index in [4.69, 9.17) is 0 Å².